The van der Waals surface area contributed by atoms with Crippen molar-refractivity contribution in [2.75, 3.05) is 0 Å². The molecule has 1 nitrogen and oxygen atoms in total. The molecule has 0 atom stereocenters. The van der Waals surface area contributed by atoms with E-state index in [1.54, 1.807) is 6.07 Å². The maximum Gasteiger partial charge on any atom is 0.0667 e. The monoisotopic (exact) mass is 323 g/mol. The molecule has 1 N–H and O–H groups in total. The molecule has 0 fully saturated rings. The van der Waals surface area contributed by atoms with Crippen LogP contribution in [0.25, 0.3) is 0 Å². The number of benzene rings is 1. The second-order valence-electron chi connectivity index (χ2n) is 1.77. The molecule has 10 heavy (non-hydrogen) atoms. The summed E-state index contributed by atoms with van der Waals surface area (Å²) in [5, 5.41) is 8.65. The maximum atomic E-state index is 8.65. The van der Waals surface area contributed by atoms with Gasteiger partial charge in [-0.25, -0.2) is 0 Å². The molecular weight excluding hydrogens is 316 g/mol. The smallest absolute Gasteiger partial charge is 0.0667 e. The first kappa shape index (κ1) is 10.1. The first-order chi connectivity index (χ1) is 4.34. The summed E-state index contributed by atoms with van der Waals surface area (Å²) in [6, 6.07) is 7.35. The van der Waals surface area contributed by atoms with E-state index >= 15 is 0 Å². The van der Waals surface area contributed by atoms with E-state index < -0.39 is 0 Å². The number of rotatable bonds is 1. The van der Waals surface area contributed by atoms with Crippen LogP contribution in [0.3, 0.4) is 0 Å². The van der Waals surface area contributed by atoms with Gasteiger partial charge < -0.3 is 17.7 Å². The zero-order chi connectivity index (χ0) is 6.69. The van der Waals surface area contributed by atoms with Crippen LogP contribution in [0.15, 0.2) is 29.2 Å². The van der Waals surface area contributed by atoms with E-state index in [9.17, 15) is 0 Å². The van der Waals surface area contributed by atoms with Crippen LogP contribution in [0.2, 0.25) is 0 Å². The summed E-state index contributed by atoms with van der Waals surface area (Å²) >= 11 is 4.89. The fourth-order valence-electron chi connectivity index (χ4n) is 0.634. The molecule has 0 aliphatic heterocycles. The minimum absolute atomic E-state index is 0. The first-order valence-corrected chi connectivity index (χ1v) is 3.11. The maximum absolute atomic E-state index is 8.65. The van der Waals surface area contributed by atoms with Crippen LogP contribution in [-0.2, 0) is 40.3 Å². The minimum Gasteiger partial charge on any atom is -0.779 e. The van der Waals surface area contributed by atoms with Crippen molar-refractivity contribution in [3.8, 4) is 0 Å². The molecule has 0 saturated carbocycles. The molecule has 0 aliphatic rings. The molecule has 0 heterocycles. The summed E-state index contributed by atoms with van der Waals surface area (Å²) < 4.78 is 0. The van der Waals surface area contributed by atoms with Gasteiger partial charge in [-0.1, -0.05) is 24.3 Å². The predicted molar refractivity (Wildman–Crippen MR) is 38.0 cm³/mol. The van der Waals surface area contributed by atoms with E-state index in [4.69, 9.17) is 17.7 Å². The Hall–Kier alpha value is 0.0883. The average molecular weight is 323 g/mol. The van der Waals surface area contributed by atoms with Gasteiger partial charge in [0, 0.05) is 21.1 Å². The average Bonchev–Trinajstić information content (AvgIpc) is 1.89. The van der Waals surface area contributed by atoms with Crippen molar-refractivity contribution < 1.29 is 26.2 Å². The van der Waals surface area contributed by atoms with Gasteiger partial charge in [-0.3, -0.25) is 0 Å². The van der Waals surface area contributed by atoms with Crippen molar-refractivity contribution >= 4 is 12.6 Å². The Labute approximate surface area is 80.1 Å². The molecule has 0 spiro atoms. The zero-order valence-corrected chi connectivity index (χ0v) is 9.03. The molecule has 0 aliphatic carbocycles. The van der Waals surface area contributed by atoms with Crippen LogP contribution in [0.5, 0.6) is 0 Å². The predicted octanol–water partition coefficient (Wildman–Crippen LogP) is 1.08. The standard InChI is InChI=1S/C7H8OS.W/c8-5-6-3-1-2-4-7(6)9;/h1-4,8-9H,5H2;/p-1. The van der Waals surface area contributed by atoms with E-state index in [0.29, 0.717) is 0 Å². The summed E-state index contributed by atoms with van der Waals surface area (Å²) in [6.07, 6.45) is 0. The van der Waals surface area contributed by atoms with Gasteiger partial charge in [0.15, 0.2) is 0 Å². The Morgan fingerprint density at radius 2 is 1.90 bits per heavy atom. The van der Waals surface area contributed by atoms with Gasteiger partial charge in [-0.2, -0.15) is 4.90 Å². The van der Waals surface area contributed by atoms with Crippen LogP contribution in [0, 0.1) is 0 Å². The Bertz CT molecular complexity index is 203. The van der Waals surface area contributed by atoms with Gasteiger partial charge in [0.1, 0.15) is 0 Å². The number of aliphatic hydroxyl groups excluding tert-OH is 1. The molecule has 0 saturated heterocycles. The molecule has 0 aromatic heterocycles. The third-order valence-electron chi connectivity index (χ3n) is 1.14. The van der Waals surface area contributed by atoms with E-state index in [1.807, 2.05) is 18.2 Å². The fourth-order valence-corrected chi connectivity index (χ4v) is 0.846. The number of hydrogen-bond acceptors (Lipinski definition) is 2. The summed E-state index contributed by atoms with van der Waals surface area (Å²) in [6.45, 7) is 0.0413. The second kappa shape index (κ2) is 4.84. The molecule has 54 valence electrons. The second-order valence-corrected chi connectivity index (χ2v) is 2.21. The summed E-state index contributed by atoms with van der Waals surface area (Å²) in [4.78, 5) is 0.736. The zero-order valence-electron chi connectivity index (χ0n) is 5.28. The fraction of sp³-hybridized carbons (Fsp3) is 0.143. The Morgan fingerprint density at radius 3 is 2.30 bits per heavy atom. The third-order valence-corrected chi connectivity index (χ3v) is 1.54. The SMILES string of the molecule is OCc1ccccc1[S-].[W]. The summed E-state index contributed by atoms with van der Waals surface area (Å²) in [5.41, 5.74) is 0.826. The molecule has 0 unspecified atom stereocenters. The summed E-state index contributed by atoms with van der Waals surface area (Å²) in [5.74, 6) is 0. The van der Waals surface area contributed by atoms with Crippen LogP contribution in [-0.4, -0.2) is 5.11 Å². The summed E-state index contributed by atoms with van der Waals surface area (Å²) in [7, 11) is 0. The van der Waals surface area contributed by atoms with Gasteiger partial charge in [-0.05, 0) is 5.56 Å². The van der Waals surface area contributed by atoms with E-state index in [0.717, 1.165) is 10.5 Å². The van der Waals surface area contributed by atoms with Crippen molar-refractivity contribution in [2.45, 2.75) is 11.5 Å². The Balaban J connectivity index is 0.000000810. The largest absolute Gasteiger partial charge is 0.779 e. The minimum atomic E-state index is 0. The van der Waals surface area contributed by atoms with E-state index in [-0.39, 0.29) is 27.7 Å². The quantitative estimate of drug-likeness (QED) is 0.781. The number of hydrogen-bond donors (Lipinski definition) is 1. The molecule has 0 radical (unpaired) electrons. The first-order valence-electron chi connectivity index (χ1n) is 2.70. The topological polar surface area (TPSA) is 20.2 Å². The third kappa shape index (κ3) is 2.37. The van der Waals surface area contributed by atoms with Crippen molar-refractivity contribution in [2.24, 2.45) is 0 Å². The van der Waals surface area contributed by atoms with Crippen LogP contribution in [0.1, 0.15) is 5.56 Å². The Kier molecular flexibility index (Phi) is 4.88. The molecule has 1 rings (SSSR count). The van der Waals surface area contributed by atoms with Crippen molar-refractivity contribution in [3.05, 3.63) is 29.8 Å². The molecule has 0 amide bonds. The van der Waals surface area contributed by atoms with Crippen molar-refractivity contribution in [3.63, 3.8) is 0 Å². The van der Waals surface area contributed by atoms with Crippen molar-refractivity contribution in [1.29, 1.82) is 0 Å². The molecular formula is C7H7OSW-. The van der Waals surface area contributed by atoms with Crippen LogP contribution < -0.4 is 0 Å². The molecule has 1 aromatic carbocycles. The molecule has 0 bridgehead atoms. The molecule has 1 aromatic rings. The van der Waals surface area contributed by atoms with Gasteiger partial charge in [0.05, 0.1) is 6.61 Å². The van der Waals surface area contributed by atoms with Crippen molar-refractivity contribution in [1.82, 2.24) is 0 Å². The Morgan fingerprint density at radius 1 is 1.30 bits per heavy atom. The van der Waals surface area contributed by atoms with Crippen LogP contribution >= 0.6 is 0 Å². The van der Waals surface area contributed by atoms with E-state index in [2.05, 4.69) is 0 Å². The van der Waals surface area contributed by atoms with Gasteiger partial charge in [-0.15, -0.1) is 0 Å². The van der Waals surface area contributed by atoms with Crippen LogP contribution in [0.4, 0.5) is 0 Å². The molecule has 3 heteroatoms. The van der Waals surface area contributed by atoms with Gasteiger partial charge >= 0.3 is 0 Å². The number of aliphatic hydroxyl groups is 1. The normalized spacial score (nSPS) is 8.50. The van der Waals surface area contributed by atoms with Gasteiger partial charge in [0.25, 0.3) is 0 Å². The van der Waals surface area contributed by atoms with E-state index in [1.165, 1.54) is 0 Å². The van der Waals surface area contributed by atoms with Gasteiger partial charge in [0.2, 0.25) is 0 Å².